The second-order valence-electron chi connectivity index (χ2n) is 13.5. The van der Waals surface area contributed by atoms with Crippen LogP contribution in [0.15, 0.2) is 36.0 Å². The second-order valence-corrected chi connectivity index (χ2v) is 13.5. The van der Waals surface area contributed by atoms with Crippen LogP contribution in [-0.2, 0) is 19.0 Å². The van der Waals surface area contributed by atoms with Gasteiger partial charge in [0.2, 0.25) is 0 Å². The van der Waals surface area contributed by atoms with Crippen LogP contribution in [0.4, 0.5) is 9.59 Å². The van der Waals surface area contributed by atoms with Gasteiger partial charge in [0.05, 0.1) is 31.3 Å². The van der Waals surface area contributed by atoms with Crippen molar-refractivity contribution in [2.24, 2.45) is 11.8 Å². The van der Waals surface area contributed by atoms with Crippen molar-refractivity contribution < 1.29 is 43.9 Å². The number of hydrogen-bond acceptors (Lipinski definition) is 10. The number of hydrogen-bond donors (Lipinski definition) is 3. The molecule has 0 saturated carbocycles. The van der Waals surface area contributed by atoms with Crippen LogP contribution >= 0.6 is 0 Å². The number of allylic oxidation sites excluding steroid dienone is 2. The SMILES string of the molecule is C/C(=C\C=C\[C@@H](C)COC(=O)N1CCCC1C(C)O)[C@H]1OC(=O)C[C@H](O)CC[C@@](C)(O)[C@@H](OC(=O)N2CCN(C)CC2)/C=C\[C@@H]1C. The number of aliphatic hydroxyl groups excluding tert-OH is 2. The quantitative estimate of drug-likeness (QED) is 0.162. The number of esters is 1. The van der Waals surface area contributed by atoms with Crippen molar-refractivity contribution in [1.29, 1.82) is 0 Å². The first-order valence-corrected chi connectivity index (χ1v) is 16.6. The van der Waals surface area contributed by atoms with Crippen LogP contribution in [0.5, 0.6) is 0 Å². The summed E-state index contributed by atoms with van der Waals surface area (Å²) in [5.41, 5.74) is -0.732. The number of rotatable bonds is 7. The van der Waals surface area contributed by atoms with E-state index in [1.165, 1.54) is 0 Å². The number of piperazine rings is 1. The molecule has 0 aromatic rings. The number of cyclic esters (lactones) is 1. The summed E-state index contributed by atoms with van der Waals surface area (Å²) in [6.45, 7) is 12.1. The Labute approximate surface area is 273 Å². The van der Waals surface area contributed by atoms with Gasteiger partial charge in [-0.05, 0) is 65.2 Å². The maximum absolute atomic E-state index is 13.0. The lowest BCUT2D eigenvalue weighted by atomic mass is 9.89. The number of carbonyl (C=O) groups is 3. The van der Waals surface area contributed by atoms with E-state index in [0.717, 1.165) is 31.5 Å². The van der Waals surface area contributed by atoms with Crippen molar-refractivity contribution in [2.45, 2.75) is 103 Å². The van der Waals surface area contributed by atoms with Crippen LogP contribution in [-0.4, -0.2) is 131 Å². The molecule has 0 aliphatic carbocycles. The molecule has 2 fully saturated rings. The normalized spacial score (nSPS) is 32.7. The standard InChI is InChI=1S/C34H55N3O9/c1-23(22-44-33(42)37-16-8-11-28(37)26(4)38)9-7-10-24(2)31-25(3)12-13-29(45-32(41)36-19-17-35(6)18-20-36)34(5,43)15-14-27(39)21-30(40)46-31/h7,9-10,12-13,23,25-29,31,38-39,43H,8,11,14-22H2,1-6H3/b9-7+,13-12-,24-10+/t23-,25+,26?,27-,28?,29+,31-,34-/m1/s1. The summed E-state index contributed by atoms with van der Waals surface area (Å²) in [4.78, 5) is 43.7. The molecule has 8 atom stereocenters. The van der Waals surface area contributed by atoms with Gasteiger partial charge in [-0.25, -0.2) is 9.59 Å². The Morgan fingerprint density at radius 1 is 1.13 bits per heavy atom. The molecule has 0 spiro atoms. The fraction of sp³-hybridized carbons (Fsp3) is 0.735. The molecule has 0 bridgehead atoms. The molecule has 3 N–H and O–H groups in total. The number of likely N-dealkylation sites (tertiary alicyclic amines) is 1. The van der Waals surface area contributed by atoms with Crippen LogP contribution in [0, 0.1) is 11.8 Å². The first-order valence-electron chi connectivity index (χ1n) is 16.6. The predicted octanol–water partition coefficient (Wildman–Crippen LogP) is 3.26. The highest BCUT2D eigenvalue weighted by atomic mass is 16.6. The Balaban J connectivity index is 1.69. The average molecular weight is 650 g/mol. The van der Waals surface area contributed by atoms with Crippen molar-refractivity contribution in [2.75, 3.05) is 46.4 Å². The lowest BCUT2D eigenvalue weighted by Crippen LogP contribution is -2.50. The van der Waals surface area contributed by atoms with Crippen LogP contribution < -0.4 is 0 Å². The van der Waals surface area contributed by atoms with Crippen LogP contribution in [0.25, 0.3) is 0 Å². The number of ether oxygens (including phenoxy) is 3. The molecular weight excluding hydrogens is 594 g/mol. The number of amides is 2. The van der Waals surface area contributed by atoms with Gasteiger partial charge in [0, 0.05) is 44.6 Å². The van der Waals surface area contributed by atoms with Gasteiger partial charge in [0.25, 0.3) is 0 Å². The Morgan fingerprint density at radius 3 is 2.50 bits per heavy atom. The van der Waals surface area contributed by atoms with Gasteiger partial charge in [-0.2, -0.15) is 0 Å². The summed E-state index contributed by atoms with van der Waals surface area (Å²) in [5, 5.41) is 31.8. The topological polar surface area (TPSA) is 149 Å². The molecule has 3 heterocycles. The highest BCUT2D eigenvalue weighted by Gasteiger charge is 2.37. The fourth-order valence-electron chi connectivity index (χ4n) is 5.98. The smallest absolute Gasteiger partial charge is 0.410 e. The number of aliphatic hydroxyl groups is 3. The second kappa shape index (κ2) is 17.3. The summed E-state index contributed by atoms with van der Waals surface area (Å²) in [5.74, 6) is -0.998. The number of carbonyl (C=O) groups excluding carboxylic acids is 3. The zero-order valence-corrected chi connectivity index (χ0v) is 28.3. The van der Waals surface area contributed by atoms with E-state index in [4.69, 9.17) is 14.2 Å². The van der Waals surface area contributed by atoms with Gasteiger partial charge in [0.1, 0.15) is 11.7 Å². The molecule has 260 valence electrons. The molecule has 46 heavy (non-hydrogen) atoms. The van der Waals surface area contributed by atoms with E-state index in [1.807, 2.05) is 46.0 Å². The Morgan fingerprint density at radius 2 is 1.83 bits per heavy atom. The number of nitrogens with zero attached hydrogens (tertiary/aromatic N) is 3. The van der Waals surface area contributed by atoms with Crippen molar-refractivity contribution in [3.8, 4) is 0 Å². The van der Waals surface area contributed by atoms with Gasteiger partial charge in [-0.1, -0.05) is 38.2 Å². The zero-order valence-electron chi connectivity index (χ0n) is 28.3. The molecule has 12 heteroatoms. The van der Waals surface area contributed by atoms with Gasteiger partial charge in [-0.3, -0.25) is 4.79 Å². The Bertz CT molecular complexity index is 1110. The lowest BCUT2D eigenvalue weighted by molar-refractivity contribution is -0.151. The van der Waals surface area contributed by atoms with Crippen LogP contribution in [0.2, 0.25) is 0 Å². The van der Waals surface area contributed by atoms with Gasteiger partial charge in [0.15, 0.2) is 6.10 Å². The summed E-state index contributed by atoms with van der Waals surface area (Å²) in [7, 11) is 1.99. The minimum Gasteiger partial charge on any atom is -0.457 e. The highest BCUT2D eigenvalue weighted by molar-refractivity contribution is 5.70. The summed E-state index contributed by atoms with van der Waals surface area (Å²) < 4.78 is 17.2. The maximum atomic E-state index is 13.0. The molecule has 0 aromatic carbocycles. The minimum atomic E-state index is -1.47. The third-order valence-electron chi connectivity index (χ3n) is 9.12. The van der Waals surface area contributed by atoms with Gasteiger partial charge < -0.3 is 44.2 Å². The number of likely N-dealkylation sites (N-methyl/N-ethyl adjacent to an activating group) is 1. The van der Waals surface area contributed by atoms with Crippen LogP contribution in [0.3, 0.4) is 0 Å². The molecule has 3 aliphatic rings. The molecule has 2 saturated heterocycles. The van der Waals surface area contributed by atoms with E-state index in [9.17, 15) is 29.7 Å². The molecule has 2 amide bonds. The summed E-state index contributed by atoms with van der Waals surface area (Å²) in [6, 6.07) is -0.222. The van der Waals surface area contributed by atoms with Crippen molar-refractivity contribution in [1.82, 2.24) is 14.7 Å². The van der Waals surface area contributed by atoms with Gasteiger partial charge in [-0.15, -0.1) is 0 Å². The predicted molar refractivity (Wildman–Crippen MR) is 173 cm³/mol. The van der Waals surface area contributed by atoms with Gasteiger partial charge >= 0.3 is 18.2 Å². The first kappa shape index (κ1) is 37.5. The molecule has 12 nitrogen and oxygen atoms in total. The fourth-order valence-corrected chi connectivity index (χ4v) is 5.98. The van der Waals surface area contributed by atoms with E-state index < -0.39 is 48.2 Å². The van der Waals surface area contributed by atoms with E-state index in [2.05, 4.69) is 4.90 Å². The summed E-state index contributed by atoms with van der Waals surface area (Å²) >= 11 is 0. The largest absolute Gasteiger partial charge is 0.457 e. The van der Waals surface area contributed by atoms with E-state index in [-0.39, 0.29) is 43.7 Å². The van der Waals surface area contributed by atoms with Crippen molar-refractivity contribution in [3.63, 3.8) is 0 Å². The average Bonchev–Trinajstić information content (AvgIpc) is 3.50. The molecule has 0 aromatic heterocycles. The minimum absolute atomic E-state index is 0.0927. The molecule has 2 unspecified atom stereocenters. The highest BCUT2D eigenvalue weighted by Crippen LogP contribution is 2.28. The Kier molecular flexibility index (Phi) is 14.1. The van der Waals surface area contributed by atoms with Crippen molar-refractivity contribution in [3.05, 3.63) is 36.0 Å². The lowest BCUT2D eigenvalue weighted by Gasteiger charge is -2.36. The first-order chi connectivity index (χ1) is 21.7. The third-order valence-corrected chi connectivity index (χ3v) is 9.12. The third kappa shape index (κ3) is 11.1. The summed E-state index contributed by atoms with van der Waals surface area (Å²) in [6.07, 6.45) is 6.34. The van der Waals surface area contributed by atoms with Crippen molar-refractivity contribution >= 4 is 18.2 Å². The molecule has 0 radical (unpaired) electrons. The van der Waals surface area contributed by atoms with E-state index in [0.29, 0.717) is 19.6 Å². The molecular formula is C34H55N3O9. The van der Waals surface area contributed by atoms with E-state index in [1.54, 1.807) is 35.8 Å². The molecule has 3 aliphatic heterocycles. The maximum Gasteiger partial charge on any atom is 0.410 e. The zero-order chi connectivity index (χ0) is 34.0. The van der Waals surface area contributed by atoms with E-state index >= 15 is 0 Å². The Hall–Kier alpha value is -2.93. The molecule has 3 rings (SSSR count). The van der Waals surface area contributed by atoms with Crippen LogP contribution in [0.1, 0.15) is 66.7 Å². The monoisotopic (exact) mass is 649 g/mol.